The highest BCUT2D eigenvalue weighted by Crippen LogP contribution is 2.22. The van der Waals surface area contributed by atoms with E-state index < -0.39 is 0 Å². The SMILES string of the molecule is C#CCN1CCC(CCc2ccc(Br)cc2)CC1. The van der Waals surface area contributed by atoms with Crippen molar-refractivity contribution in [2.45, 2.75) is 25.7 Å². The van der Waals surface area contributed by atoms with Crippen LogP contribution in [0.5, 0.6) is 0 Å². The molecule has 0 aromatic heterocycles. The maximum absolute atomic E-state index is 5.35. The van der Waals surface area contributed by atoms with Crippen molar-refractivity contribution in [1.29, 1.82) is 0 Å². The maximum Gasteiger partial charge on any atom is 0.0598 e. The lowest BCUT2D eigenvalue weighted by molar-refractivity contribution is 0.197. The lowest BCUT2D eigenvalue weighted by atomic mass is 9.90. The van der Waals surface area contributed by atoms with Crippen LogP contribution in [0.3, 0.4) is 0 Å². The van der Waals surface area contributed by atoms with E-state index >= 15 is 0 Å². The second-order valence-corrected chi connectivity index (χ2v) is 6.00. The van der Waals surface area contributed by atoms with Crippen molar-refractivity contribution in [3.63, 3.8) is 0 Å². The van der Waals surface area contributed by atoms with Crippen molar-refractivity contribution in [2.24, 2.45) is 5.92 Å². The Morgan fingerprint density at radius 1 is 1.22 bits per heavy atom. The number of piperidine rings is 1. The lowest BCUT2D eigenvalue weighted by Crippen LogP contribution is -2.34. The van der Waals surface area contributed by atoms with E-state index in [0.29, 0.717) is 0 Å². The highest BCUT2D eigenvalue weighted by Gasteiger charge is 2.17. The molecule has 1 aromatic rings. The predicted octanol–water partition coefficient (Wildman–Crippen LogP) is 3.73. The molecule has 0 unspecified atom stereocenters. The number of nitrogens with zero attached hydrogens (tertiary/aromatic N) is 1. The number of halogens is 1. The van der Waals surface area contributed by atoms with E-state index in [-0.39, 0.29) is 0 Å². The number of hydrogen-bond acceptors (Lipinski definition) is 1. The first-order chi connectivity index (χ1) is 8.78. The Morgan fingerprint density at radius 2 is 1.89 bits per heavy atom. The number of aryl methyl sites for hydroxylation is 1. The van der Waals surface area contributed by atoms with Crippen molar-refractivity contribution in [2.75, 3.05) is 19.6 Å². The predicted molar refractivity (Wildman–Crippen MR) is 80.5 cm³/mol. The fraction of sp³-hybridized carbons (Fsp3) is 0.500. The largest absolute Gasteiger partial charge is 0.292 e. The molecule has 1 aromatic carbocycles. The summed E-state index contributed by atoms with van der Waals surface area (Å²) in [5, 5.41) is 0. The molecule has 0 aliphatic carbocycles. The average Bonchev–Trinajstić information content (AvgIpc) is 2.40. The second kappa shape index (κ2) is 6.97. The Labute approximate surface area is 119 Å². The van der Waals surface area contributed by atoms with Crippen LogP contribution in [0.15, 0.2) is 28.7 Å². The average molecular weight is 306 g/mol. The topological polar surface area (TPSA) is 3.24 Å². The third-order valence-electron chi connectivity index (χ3n) is 3.78. The highest BCUT2D eigenvalue weighted by molar-refractivity contribution is 9.10. The van der Waals surface area contributed by atoms with Crippen LogP contribution in [0.2, 0.25) is 0 Å². The zero-order valence-corrected chi connectivity index (χ0v) is 12.3. The van der Waals surface area contributed by atoms with E-state index in [1.54, 1.807) is 0 Å². The molecular weight excluding hydrogens is 286 g/mol. The van der Waals surface area contributed by atoms with Crippen molar-refractivity contribution in [1.82, 2.24) is 4.90 Å². The van der Waals surface area contributed by atoms with Gasteiger partial charge >= 0.3 is 0 Å². The first-order valence-electron chi connectivity index (χ1n) is 6.68. The van der Waals surface area contributed by atoms with E-state index in [1.165, 1.54) is 44.3 Å². The first-order valence-corrected chi connectivity index (χ1v) is 7.47. The Kier molecular flexibility index (Phi) is 5.28. The van der Waals surface area contributed by atoms with Gasteiger partial charge in [0.05, 0.1) is 6.54 Å². The smallest absolute Gasteiger partial charge is 0.0598 e. The van der Waals surface area contributed by atoms with Crippen LogP contribution < -0.4 is 0 Å². The summed E-state index contributed by atoms with van der Waals surface area (Å²) in [5.74, 6) is 3.61. The molecular formula is C16H20BrN. The standard InChI is InChI=1S/C16H20BrN/c1-2-11-18-12-9-15(10-13-18)4-3-14-5-7-16(17)8-6-14/h1,5-8,15H,3-4,9-13H2. The molecule has 1 nitrogen and oxygen atoms in total. The molecule has 2 heteroatoms. The van der Waals surface area contributed by atoms with Gasteiger partial charge in [0.2, 0.25) is 0 Å². The molecule has 0 saturated carbocycles. The monoisotopic (exact) mass is 305 g/mol. The van der Waals surface area contributed by atoms with Crippen molar-refractivity contribution in [3.8, 4) is 12.3 Å². The molecule has 0 N–H and O–H groups in total. The minimum absolute atomic E-state index is 0.819. The Hall–Kier alpha value is -0.780. The lowest BCUT2D eigenvalue weighted by Gasteiger charge is -2.30. The zero-order valence-electron chi connectivity index (χ0n) is 10.7. The van der Waals surface area contributed by atoms with Crippen molar-refractivity contribution >= 4 is 15.9 Å². The van der Waals surface area contributed by atoms with Crippen LogP contribution in [0.4, 0.5) is 0 Å². The fourth-order valence-corrected chi connectivity index (χ4v) is 2.85. The van der Waals surface area contributed by atoms with Gasteiger partial charge in [-0.15, -0.1) is 6.42 Å². The van der Waals surface area contributed by atoms with E-state index in [4.69, 9.17) is 6.42 Å². The third-order valence-corrected chi connectivity index (χ3v) is 4.31. The molecule has 0 amide bonds. The van der Waals surface area contributed by atoms with Crippen LogP contribution in [0.1, 0.15) is 24.8 Å². The molecule has 96 valence electrons. The molecule has 1 aliphatic rings. The quantitative estimate of drug-likeness (QED) is 0.766. The molecule has 0 bridgehead atoms. The van der Waals surface area contributed by atoms with Crippen LogP contribution in [0, 0.1) is 18.3 Å². The van der Waals surface area contributed by atoms with Gasteiger partial charge in [-0.3, -0.25) is 4.90 Å². The summed E-state index contributed by atoms with van der Waals surface area (Å²) in [7, 11) is 0. The van der Waals surface area contributed by atoms with E-state index in [0.717, 1.165) is 16.9 Å². The zero-order chi connectivity index (χ0) is 12.8. The summed E-state index contributed by atoms with van der Waals surface area (Å²) >= 11 is 3.47. The van der Waals surface area contributed by atoms with Crippen LogP contribution in [-0.2, 0) is 6.42 Å². The molecule has 18 heavy (non-hydrogen) atoms. The third kappa shape index (κ3) is 4.15. The number of likely N-dealkylation sites (tertiary alicyclic amines) is 1. The molecule has 1 fully saturated rings. The van der Waals surface area contributed by atoms with Gasteiger partial charge in [0.25, 0.3) is 0 Å². The van der Waals surface area contributed by atoms with Crippen LogP contribution in [-0.4, -0.2) is 24.5 Å². The van der Waals surface area contributed by atoms with Gasteiger partial charge in [0.1, 0.15) is 0 Å². The van der Waals surface area contributed by atoms with E-state index in [2.05, 4.69) is 51.0 Å². The summed E-state index contributed by atoms with van der Waals surface area (Å²) in [6.07, 6.45) is 10.5. The summed E-state index contributed by atoms with van der Waals surface area (Å²) in [5.41, 5.74) is 1.45. The van der Waals surface area contributed by atoms with E-state index in [1.807, 2.05) is 0 Å². The van der Waals surface area contributed by atoms with Gasteiger partial charge in [-0.1, -0.05) is 34.0 Å². The molecule has 0 atom stereocenters. The minimum Gasteiger partial charge on any atom is -0.292 e. The summed E-state index contributed by atoms with van der Waals surface area (Å²) < 4.78 is 1.16. The van der Waals surface area contributed by atoms with Gasteiger partial charge < -0.3 is 0 Å². The number of benzene rings is 1. The molecule has 0 spiro atoms. The Morgan fingerprint density at radius 3 is 2.50 bits per heavy atom. The van der Waals surface area contributed by atoms with Gasteiger partial charge in [-0.05, 0) is 62.4 Å². The van der Waals surface area contributed by atoms with Crippen LogP contribution >= 0.6 is 15.9 Å². The van der Waals surface area contributed by atoms with Gasteiger partial charge in [-0.2, -0.15) is 0 Å². The molecule has 0 radical (unpaired) electrons. The Balaban J connectivity index is 1.72. The van der Waals surface area contributed by atoms with Gasteiger partial charge in [0.15, 0.2) is 0 Å². The summed E-state index contributed by atoms with van der Waals surface area (Å²) in [4.78, 5) is 2.39. The number of terminal acetylenes is 1. The Bertz CT molecular complexity index is 396. The van der Waals surface area contributed by atoms with Gasteiger partial charge in [-0.25, -0.2) is 0 Å². The van der Waals surface area contributed by atoms with Gasteiger partial charge in [0, 0.05) is 4.47 Å². The minimum atomic E-state index is 0.819. The van der Waals surface area contributed by atoms with Crippen LogP contribution in [0.25, 0.3) is 0 Å². The normalized spacial score (nSPS) is 17.6. The van der Waals surface area contributed by atoms with Crippen molar-refractivity contribution < 1.29 is 0 Å². The highest BCUT2D eigenvalue weighted by atomic mass is 79.9. The number of hydrogen-bond donors (Lipinski definition) is 0. The maximum atomic E-state index is 5.35. The molecule has 2 rings (SSSR count). The summed E-state index contributed by atoms with van der Waals surface area (Å²) in [6, 6.07) is 8.70. The second-order valence-electron chi connectivity index (χ2n) is 5.09. The first kappa shape index (κ1) is 13.6. The molecule has 1 saturated heterocycles. The summed E-state index contributed by atoms with van der Waals surface area (Å²) in [6.45, 7) is 3.17. The fourth-order valence-electron chi connectivity index (χ4n) is 2.58. The molecule has 1 aliphatic heterocycles. The van der Waals surface area contributed by atoms with Crippen molar-refractivity contribution in [3.05, 3.63) is 34.3 Å². The van der Waals surface area contributed by atoms with E-state index in [9.17, 15) is 0 Å². The molecule has 1 heterocycles. The number of rotatable bonds is 4.